The van der Waals surface area contributed by atoms with E-state index in [2.05, 4.69) is 35.7 Å². The fraction of sp³-hybridized carbons (Fsp3) is 0. The van der Waals surface area contributed by atoms with Crippen molar-refractivity contribution < 1.29 is 21.1 Å². The van der Waals surface area contributed by atoms with E-state index in [1.165, 1.54) is 0 Å². The number of rotatable bonds is 5. The summed E-state index contributed by atoms with van der Waals surface area (Å²) in [5, 5.41) is 8.07. The summed E-state index contributed by atoms with van der Waals surface area (Å²) < 4.78 is 0. The van der Waals surface area contributed by atoms with Gasteiger partial charge in [0.25, 0.3) is 0 Å². The van der Waals surface area contributed by atoms with Gasteiger partial charge in [0.1, 0.15) is 11.0 Å². The smallest absolute Gasteiger partial charge is 0.233 e. The second kappa shape index (κ2) is 14.9. The van der Waals surface area contributed by atoms with Crippen molar-refractivity contribution in [2.75, 3.05) is 0 Å². The monoisotopic (exact) mass is 614 g/mol. The highest BCUT2D eigenvalue weighted by atomic mass is 32.1. The Morgan fingerprint density at radius 3 is 1.09 bits per heavy atom. The molecule has 0 saturated carbocycles. The molecule has 0 spiro atoms. The number of fused-ring (bicyclic) bond motifs is 1. The molecule has 3 heterocycles. The number of carbonyl (C=O) groups is 2. The predicted octanol–water partition coefficient (Wildman–Crippen LogP) is 7.27. The van der Waals surface area contributed by atoms with Crippen LogP contribution in [-0.4, -0.2) is 21.5 Å². The normalized spacial score (nSPS) is 10.2. The van der Waals surface area contributed by atoms with Gasteiger partial charge in [-0.15, -0.1) is 22.7 Å². The Labute approximate surface area is 263 Å². The van der Waals surface area contributed by atoms with Crippen molar-refractivity contribution in [3.63, 3.8) is 0 Å². The molecule has 0 aliphatic rings. The van der Waals surface area contributed by atoms with Gasteiger partial charge in [0.05, 0.1) is 22.1 Å². The number of ketones is 2. The Kier molecular flexibility index (Phi) is 10.2. The molecule has 8 heteroatoms. The largest absolute Gasteiger partial charge is 0.319 e. The third kappa shape index (κ3) is 7.63. The molecule has 0 aliphatic heterocycles. The van der Waals surface area contributed by atoms with Crippen LogP contribution in [0.5, 0.6) is 0 Å². The van der Waals surface area contributed by atoms with Crippen LogP contribution < -0.4 is 11.5 Å². The first kappa shape index (κ1) is 30.3. The summed E-state index contributed by atoms with van der Waals surface area (Å²) >= 11 is 3.28. The maximum Gasteiger partial charge on any atom is 0.233 e. The van der Waals surface area contributed by atoms with Crippen LogP contribution in [0.1, 0.15) is 20.7 Å². The highest BCUT2D eigenvalue weighted by Crippen LogP contribution is 2.31. The Morgan fingerprint density at radius 1 is 0.455 bits per heavy atom. The lowest BCUT2D eigenvalue weighted by molar-refractivity contribution is -0.298. The van der Waals surface area contributed by atoms with Gasteiger partial charge in [0.2, 0.25) is 11.6 Å². The molecule has 7 aromatic rings. The van der Waals surface area contributed by atoms with E-state index in [0.717, 1.165) is 44.9 Å². The highest BCUT2D eigenvalue weighted by Gasteiger charge is 2.17. The second-order valence-corrected chi connectivity index (χ2v) is 11.1. The van der Waals surface area contributed by atoms with E-state index >= 15 is 0 Å². The van der Waals surface area contributed by atoms with E-state index in [-0.39, 0.29) is 0 Å². The van der Waals surface area contributed by atoms with Gasteiger partial charge in [-0.05, 0) is 0 Å². The van der Waals surface area contributed by atoms with Gasteiger partial charge in [-0.3, -0.25) is 9.59 Å². The summed E-state index contributed by atoms with van der Waals surface area (Å²) in [6.45, 7) is 0. The molecule has 216 valence electrons. The number of aromatic nitrogens is 2. The van der Waals surface area contributed by atoms with Crippen LogP contribution in [0.25, 0.3) is 33.5 Å². The van der Waals surface area contributed by atoms with Crippen LogP contribution in [0.15, 0.2) is 143 Å². The third-order valence-corrected chi connectivity index (χ3v) is 8.08. The second-order valence-electron chi connectivity index (χ2n) is 9.61. The lowest BCUT2D eigenvalue weighted by atomic mass is 10.0. The SMILES string of the molecule is O=C(C(=O)c1ccccc1)c1ccccc1.[NH3+]c1cscc1[NH3+].c1ccc(-c2nc3cscc3nc2-c2ccccc2)cc1. The first-order chi connectivity index (χ1) is 21.5. The average molecular weight is 615 g/mol. The molecule has 0 unspecified atom stereocenters. The molecule has 0 bridgehead atoms. The quantitative estimate of drug-likeness (QED) is 0.157. The van der Waals surface area contributed by atoms with E-state index in [0.29, 0.717) is 11.1 Å². The molecule has 6 N–H and O–H groups in total. The van der Waals surface area contributed by atoms with Crippen molar-refractivity contribution in [1.29, 1.82) is 0 Å². The molecule has 7 rings (SSSR count). The number of thiophene rings is 2. The molecular formula is C36H30N4O2S2+2. The first-order valence-corrected chi connectivity index (χ1v) is 15.6. The van der Waals surface area contributed by atoms with Crippen molar-refractivity contribution in [3.8, 4) is 22.5 Å². The van der Waals surface area contributed by atoms with Crippen molar-refractivity contribution in [1.82, 2.24) is 9.97 Å². The number of nitrogens with zero attached hydrogens (tertiary/aromatic N) is 2. The molecule has 0 fully saturated rings. The van der Waals surface area contributed by atoms with Gasteiger partial charge < -0.3 is 11.5 Å². The molecule has 0 atom stereocenters. The van der Waals surface area contributed by atoms with Crippen molar-refractivity contribution in [2.45, 2.75) is 0 Å². The lowest BCUT2D eigenvalue weighted by Gasteiger charge is -2.08. The average Bonchev–Trinajstić information content (AvgIpc) is 3.72. The molecule has 0 radical (unpaired) electrons. The Hall–Kier alpha value is -5.12. The Bertz CT molecular complexity index is 1820. The summed E-state index contributed by atoms with van der Waals surface area (Å²) in [6.07, 6.45) is 0. The van der Waals surface area contributed by atoms with Crippen molar-refractivity contribution >= 4 is 56.6 Å². The number of benzene rings is 4. The zero-order valence-corrected chi connectivity index (χ0v) is 25.4. The molecule has 0 aliphatic carbocycles. The fourth-order valence-corrected chi connectivity index (χ4v) is 5.56. The first-order valence-electron chi connectivity index (χ1n) is 13.8. The number of hydrogen-bond donors (Lipinski definition) is 2. The van der Waals surface area contributed by atoms with E-state index in [1.54, 1.807) is 71.2 Å². The van der Waals surface area contributed by atoms with Gasteiger partial charge in [-0.25, -0.2) is 9.97 Å². The van der Waals surface area contributed by atoms with Crippen LogP contribution in [0.2, 0.25) is 0 Å². The summed E-state index contributed by atoms with van der Waals surface area (Å²) in [4.78, 5) is 33.3. The van der Waals surface area contributed by atoms with Crippen LogP contribution in [0.4, 0.5) is 11.4 Å². The zero-order valence-electron chi connectivity index (χ0n) is 23.8. The molecule has 6 nitrogen and oxygen atoms in total. The van der Waals surface area contributed by atoms with E-state index < -0.39 is 11.6 Å². The van der Waals surface area contributed by atoms with E-state index in [1.807, 2.05) is 70.1 Å². The number of Topliss-reactive ketones (excluding diaryl/α,β-unsaturated/α-hetero) is 2. The molecule has 4 aromatic carbocycles. The van der Waals surface area contributed by atoms with Crippen molar-refractivity contribution in [3.05, 3.63) is 154 Å². The maximum absolute atomic E-state index is 11.8. The zero-order chi connectivity index (χ0) is 30.7. The Balaban J connectivity index is 0.000000147. The number of carbonyl (C=O) groups excluding carboxylic acids is 2. The molecular weight excluding hydrogens is 585 g/mol. The minimum atomic E-state index is -0.466. The van der Waals surface area contributed by atoms with E-state index in [9.17, 15) is 9.59 Å². The lowest BCUT2D eigenvalue weighted by Crippen LogP contribution is -2.48. The highest BCUT2D eigenvalue weighted by molar-refractivity contribution is 7.09. The van der Waals surface area contributed by atoms with Crippen LogP contribution >= 0.6 is 22.7 Å². The van der Waals surface area contributed by atoms with Crippen molar-refractivity contribution in [2.24, 2.45) is 0 Å². The number of hydrogen-bond acceptors (Lipinski definition) is 6. The molecule has 0 saturated heterocycles. The van der Waals surface area contributed by atoms with Gasteiger partial charge in [0.15, 0.2) is 11.4 Å². The van der Waals surface area contributed by atoms with Gasteiger partial charge in [-0.1, -0.05) is 121 Å². The summed E-state index contributed by atoms with van der Waals surface area (Å²) in [5.41, 5.74) is 16.4. The minimum absolute atomic E-state index is 0.427. The summed E-state index contributed by atoms with van der Waals surface area (Å²) in [5.74, 6) is -0.932. The van der Waals surface area contributed by atoms with Gasteiger partial charge in [0, 0.05) is 33.0 Å². The Morgan fingerprint density at radius 2 is 0.773 bits per heavy atom. The third-order valence-electron chi connectivity index (χ3n) is 6.52. The van der Waals surface area contributed by atoms with Gasteiger partial charge >= 0.3 is 0 Å². The molecule has 0 amide bonds. The molecule has 44 heavy (non-hydrogen) atoms. The van der Waals surface area contributed by atoms with E-state index in [4.69, 9.17) is 9.97 Å². The molecule has 3 aromatic heterocycles. The summed E-state index contributed by atoms with van der Waals surface area (Å²) in [7, 11) is 0. The van der Waals surface area contributed by atoms with Crippen LogP contribution in [0.3, 0.4) is 0 Å². The fourth-order valence-electron chi connectivity index (χ4n) is 4.18. The summed E-state index contributed by atoms with van der Waals surface area (Å²) in [6, 6.07) is 37.6. The minimum Gasteiger partial charge on any atom is -0.319 e. The van der Waals surface area contributed by atoms with Gasteiger partial charge in [-0.2, -0.15) is 0 Å². The number of quaternary nitrogens is 2. The predicted molar refractivity (Wildman–Crippen MR) is 179 cm³/mol. The standard InChI is InChI=1S/C18H12N2S.C14H10O2.C4H6N2S/c1-3-7-13(8-4-1)17-18(14-9-5-2-6-10-14)20-16-12-21-11-15(16)19-17;15-13(11-7-3-1-4-8-11)14(16)12-9-5-2-6-10-12;5-3-1-7-2-4(3)6/h1-12H;1-10H;1-2H,5-6H2/p+2. The van der Waals surface area contributed by atoms with Crippen LogP contribution in [0, 0.1) is 0 Å². The maximum atomic E-state index is 11.8. The topological polar surface area (TPSA) is 115 Å². The van der Waals surface area contributed by atoms with Crippen LogP contribution in [-0.2, 0) is 0 Å².